The van der Waals surface area contributed by atoms with Crippen molar-refractivity contribution < 1.29 is 9.18 Å². The minimum Gasteiger partial charge on any atom is -0.294 e. The zero-order valence-corrected chi connectivity index (χ0v) is 15.2. The average Bonchev–Trinajstić information content (AvgIpc) is 3.17. The van der Waals surface area contributed by atoms with Crippen LogP contribution in [0.1, 0.15) is 32.7 Å². The van der Waals surface area contributed by atoms with Crippen molar-refractivity contribution in [1.82, 2.24) is 14.6 Å². The molecule has 0 aliphatic rings. The molecule has 0 bridgehead atoms. The molecular formula is C23H16FN3O. The highest BCUT2D eigenvalue weighted by Gasteiger charge is 2.12. The summed E-state index contributed by atoms with van der Waals surface area (Å²) < 4.78 is 15.5. The van der Waals surface area contributed by atoms with Crippen LogP contribution in [0, 0.1) is 24.6 Å². The Bertz CT molecular complexity index is 1230. The molecular weight excluding hydrogens is 353 g/mol. The van der Waals surface area contributed by atoms with E-state index in [1.54, 1.807) is 29.0 Å². The summed E-state index contributed by atoms with van der Waals surface area (Å²) in [5.74, 6) is 5.35. The predicted octanol–water partition coefficient (Wildman–Crippen LogP) is 4.00. The van der Waals surface area contributed by atoms with Crippen LogP contribution in [0.25, 0.3) is 5.65 Å². The first kappa shape index (κ1) is 17.6. The molecule has 2 heterocycles. The van der Waals surface area contributed by atoms with Crippen LogP contribution < -0.4 is 0 Å². The Morgan fingerprint density at radius 3 is 2.71 bits per heavy atom. The smallest absolute Gasteiger partial charge is 0.170 e. The van der Waals surface area contributed by atoms with Crippen molar-refractivity contribution in [2.45, 2.75) is 13.3 Å². The molecule has 28 heavy (non-hydrogen) atoms. The Kier molecular flexibility index (Phi) is 4.69. The lowest BCUT2D eigenvalue weighted by Gasteiger charge is -2.04. The summed E-state index contributed by atoms with van der Waals surface area (Å²) in [6, 6.07) is 15.6. The number of halogens is 1. The van der Waals surface area contributed by atoms with Crippen LogP contribution in [0.3, 0.4) is 0 Å². The zero-order chi connectivity index (χ0) is 19.5. The molecule has 0 unspecified atom stereocenters. The number of nitrogens with zero attached hydrogens (tertiary/aromatic N) is 3. The van der Waals surface area contributed by atoms with Crippen molar-refractivity contribution in [3.63, 3.8) is 0 Å². The maximum atomic E-state index is 13.9. The van der Waals surface area contributed by atoms with E-state index in [9.17, 15) is 9.18 Å². The van der Waals surface area contributed by atoms with Gasteiger partial charge in [-0.1, -0.05) is 29.7 Å². The van der Waals surface area contributed by atoms with E-state index in [1.165, 1.54) is 6.07 Å². The Hall–Kier alpha value is -3.78. The molecule has 0 saturated carbocycles. The summed E-state index contributed by atoms with van der Waals surface area (Å²) in [6.07, 6.45) is 3.60. The van der Waals surface area contributed by atoms with Gasteiger partial charge in [0.1, 0.15) is 11.5 Å². The van der Waals surface area contributed by atoms with Crippen molar-refractivity contribution in [2.75, 3.05) is 0 Å². The predicted molar refractivity (Wildman–Crippen MR) is 105 cm³/mol. The van der Waals surface area contributed by atoms with Crippen LogP contribution in [0.15, 0.2) is 67.0 Å². The molecule has 0 radical (unpaired) electrons. The summed E-state index contributed by atoms with van der Waals surface area (Å²) in [5, 5.41) is 4.36. The molecule has 4 nitrogen and oxygen atoms in total. The summed E-state index contributed by atoms with van der Waals surface area (Å²) in [6.45, 7) is 1.84. The quantitative estimate of drug-likeness (QED) is 0.405. The highest BCUT2D eigenvalue weighted by Crippen LogP contribution is 2.14. The maximum Gasteiger partial charge on any atom is 0.170 e. The second-order valence-electron chi connectivity index (χ2n) is 6.48. The molecule has 4 rings (SSSR count). The van der Waals surface area contributed by atoms with Crippen molar-refractivity contribution in [3.8, 4) is 11.8 Å². The number of imidazole rings is 1. The first-order valence-electron chi connectivity index (χ1n) is 8.79. The van der Waals surface area contributed by atoms with Crippen molar-refractivity contribution in [2.24, 2.45) is 0 Å². The van der Waals surface area contributed by atoms with Gasteiger partial charge in [0.15, 0.2) is 11.4 Å². The monoisotopic (exact) mass is 369 g/mol. The Morgan fingerprint density at radius 1 is 1.07 bits per heavy atom. The second kappa shape index (κ2) is 7.45. The van der Waals surface area contributed by atoms with Gasteiger partial charge in [0.2, 0.25) is 0 Å². The summed E-state index contributed by atoms with van der Waals surface area (Å²) in [7, 11) is 0. The van der Waals surface area contributed by atoms with Gasteiger partial charge < -0.3 is 0 Å². The third-order valence-electron chi connectivity index (χ3n) is 4.33. The van der Waals surface area contributed by atoms with Gasteiger partial charge >= 0.3 is 0 Å². The third kappa shape index (κ3) is 3.81. The lowest BCUT2D eigenvalue weighted by atomic mass is 10.0. The van der Waals surface area contributed by atoms with Crippen LogP contribution >= 0.6 is 0 Å². The molecule has 0 N–H and O–H groups in total. The largest absolute Gasteiger partial charge is 0.294 e. The number of hydrogen-bond acceptors (Lipinski definition) is 3. The lowest BCUT2D eigenvalue weighted by Crippen LogP contribution is -2.06. The Balaban J connectivity index is 1.48. The van der Waals surface area contributed by atoms with Crippen LogP contribution in [-0.4, -0.2) is 20.4 Å². The summed E-state index contributed by atoms with van der Waals surface area (Å²) >= 11 is 0. The van der Waals surface area contributed by atoms with E-state index in [1.807, 2.05) is 43.3 Å². The molecule has 0 fully saturated rings. The molecule has 0 aliphatic heterocycles. The van der Waals surface area contributed by atoms with Gasteiger partial charge in [-0.05, 0) is 54.8 Å². The van der Waals surface area contributed by atoms with Gasteiger partial charge in [-0.25, -0.2) is 13.9 Å². The molecule has 0 atom stereocenters. The number of hydrogen-bond donors (Lipinski definition) is 0. The highest BCUT2D eigenvalue weighted by atomic mass is 19.1. The molecule has 4 aromatic rings. The standard InChI is InChI=1S/C23H16FN3O/c1-16-2-10-21(24)20(14-16)22(28)15-18-5-3-17(4-6-18)7-8-19-9-11-23-25-12-13-27(23)26-19/h2-6,9-14H,15H2,1H3. The Morgan fingerprint density at radius 2 is 1.89 bits per heavy atom. The van der Waals surface area contributed by atoms with Crippen molar-refractivity contribution in [1.29, 1.82) is 0 Å². The number of aryl methyl sites for hydroxylation is 1. The van der Waals surface area contributed by atoms with E-state index < -0.39 is 5.82 Å². The fourth-order valence-corrected chi connectivity index (χ4v) is 2.86. The molecule has 5 heteroatoms. The van der Waals surface area contributed by atoms with Crippen LogP contribution in [0.4, 0.5) is 4.39 Å². The number of ketones is 1. The van der Waals surface area contributed by atoms with E-state index in [2.05, 4.69) is 21.9 Å². The molecule has 0 spiro atoms. The van der Waals surface area contributed by atoms with E-state index in [0.717, 1.165) is 22.3 Å². The van der Waals surface area contributed by atoms with Crippen LogP contribution in [0.2, 0.25) is 0 Å². The number of benzene rings is 2. The lowest BCUT2D eigenvalue weighted by molar-refractivity contribution is 0.0989. The number of aromatic nitrogens is 3. The van der Waals surface area contributed by atoms with Gasteiger partial charge in [-0.3, -0.25) is 4.79 Å². The number of rotatable bonds is 3. The van der Waals surface area contributed by atoms with Gasteiger partial charge in [0.25, 0.3) is 0 Å². The fourth-order valence-electron chi connectivity index (χ4n) is 2.86. The van der Waals surface area contributed by atoms with Crippen molar-refractivity contribution >= 4 is 11.4 Å². The van der Waals surface area contributed by atoms with Gasteiger partial charge in [0.05, 0.1) is 5.56 Å². The second-order valence-corrected chi connectivity index (χ2v) is 6.48. The molecule has 0 saturated heterocycles. The number of carbonyl (C=O) groups is 1. The minimum absolute atomic E-state index is 0.129. The molecule has 2 aromatic heterocycles. The normalized spacial score (nSPS) is 10.5. The Labute approximate surface area is 161 Å². The minimum atomic E-state index is -0.486. The van der Waals surface area contributed by atoms with Gasteiger partial charge in [0, 0.05) is 24.4 Å². The maximum absolute atomic E-state index is 13.9. The summed E-state index contributed by atoms with van der Waals surface area (Å²) in [5.41, 5.74) is 4.02. The van der Waals surface area contributed by atoms with E-state index >= 15 is 0 Å². The molecule has 0 amide bonds. The topological polar surface area (TPSA) is 47.3 Å². The number of carbonyl (C=O) groups excluding carboxylic acids is 1. The first-order chi connectivity index (χ1) is 13.6. The highest BCUT2D eigenvalue weighted by molar-refractivity contribution is 5.97. The van der Waals surface area contributed by atoms with Crippen molar-refractivity contribution in [3.05, 3.63) is 101 Å². The van der Waals surface area contributed by atoms with E-state index in [4.69, 9.17) is 0 Å². The fraction of sp³-hybridized carbons (Fsp3) is 0.0870. The van der Waals surface area contributed by atoms with Gasteiger partial charge in [-0.2, -0.15) is 5.10 Å². The molecule has 0 aliphatic carbocycles. The number of fused-ring (bicyclic) bond motifs is 1. The van der Waals surface area contributed by atoms with Gasteiger partial charge in [-0.15, -0.1) is 0 Å². The third-order valence-corrected chi connectivity index (χ3v) is 4.33. The molecule has 136 valence electrons. The van der Waals surface area contributed by atoms with E-state index in [-0.39, 0.29) is 17.8 Å². The van der Waals surface area contributed by atoms with Crippen LogP contribution in [-0.2, 0) is 6.42 Å². The average molecular weight is 369 g/mol. The number of Topliss-reactive ketones (excluding diaryl/α,β-unsaturated/α-hetero) is 1. The summed E-state index contributed by atoms with van der Waals surface area (Å²) in [4.78, 5) is 16.5. The molecule has 2 aromatic carbocycles. The van der Waals surface area contributed by atoms with E-state index in [0.29, 0.717) is 5.69 Å². The van der Waals surface area contributed by atoms with Crippen LogP contribution in [0.5, 0.6) is 0 Å². The first-order valence-corrected chi connectivity index (χ1v) is 8.79. The zero-order valence-electron chi connectivity index (χ0n) is 15.2. The SMILES string of the molecule is Cc1ccc(F)c(C(=O)Cc2ccc(C#Cc3ccc4nccn4n3)cc2)c1.